The lowest BCUT2D eigenvalue weighted by Gasteiger charge is -2.11. The maximum absolute atomic E-state index is 12.5. The fourth-order valence-corrected chi connectivity index (χ4v) is 3.79. The first-order valence-corrected chi connectivity index (χ1v) is 10.8. The van der Waals surface area contributed by atoms with Crippen LogP contribution in [0.2, 0.25) is 0 Å². The van der Waals surface area contributed by atoms with E-state index in [0.717, 1.165) is 16.9 Å². The summed E-state index contributed by atoms with van der Waals surface area (Å²) in [5.74, 6) is -0.208. The number of aromatic nitrogens is 1. The number of rotatable bonds is 5. The molecule has 1 aliphatic rings. The zero-order valence-corrected chi connectivity index (χ0v) is 18.4. The van der Waals surface area contributed by atoms with Crippen LogP contribution in [0.5, 0.6) is 0 Å². The molecule has 35 heavy (non-hydrogen) atoms. The minimum Gasteiger partial charge on any atom is -0.360 e. The largest absolute Gasteiger partial charge is 0.360 e. The molecule has 8 heteroatoms. The molecule has 1 aliphatic heterocycles. The van der Waals surface area contributed by atoms with E-state index in [9.17, 15) is 9.59 Å². The Hall–Kier alpha value is -5.29. The van der Waals surface area contributed by atoms with Gasteiger partial charge in [0.15, 0.2) is 0 Å². The minimum absolute atomic E-state index is 0.208. The van der Waals surface area contributed by atoms with Crippen LogP contribution in [0.1, 0.15) is 16.8 Å². The smallest absolute Gasteiger partial charge is 0.323 e. The Morgan fingerprint density at radius 1 is 0.857 bits per heavy atom. The second kappa shape index (κ2) is 9.29. The van der Waals surface area contributed by atoms with E-state index in [4.69, 9.17) is 5.26 Å². The van der Waals surface area contributed by atoms with E-state index in [2.05, 4.69) is 32.3 Å². The van der Waals surface area contributed by atoms with Gasteiger partial charge in [-0.15, -0.1) is 0 Å². The Kier molecular flexibility index (Phi) is 5.72. The number of hydrogen-bond acceptors (Lipinski definition) is 4. The highest BCUT2D eigenvalue weighted by atomic mass is 16.2. The van der Waals surface area contributed by atoms with Crippen molar-refractivity contribution in [2.45, 2.75) is 0 Å². The number of amides is 3. The van der Waals surface area contributed by atoms with Crippen LogP contribution >= 0.6 is 0 Å². The van der Waals surface area contributed by atoms with Crippen LogP contribution in [0.25, 0.3) is 11.6 Å². The molecule has 0 spiro atoms. The number of hydrogen-bond donors (Lipinski definition) is 5. The monoisotopic (exact) mass is 460 g/mol. The fourth-order valence-electron chi connectivity index (χ4n) is 3.79. The zero-order chi connectivity index (χ0) is 24.2. The number of aromatic amines is 1. The van der Waals surface area contributed by atoms with Gasteiger partial charge in [-0.1, -0.05) is 30.3 Å². The number of benzene rings is 3. The minimum atomic E-state index is -0.336. The summed E-state index contributed by atoms with van der Waals surface area (Å²) >= 11 is 0. The number of H-pyrrole nitrogens is 1. The molecule has 4 aromatic rings. The molecule has 2 heterocycles. The van der Waals surface area contributed by atoms with Crippen molar-refractivity contribution < 1.29 is 9.59 Å². The van der Waals surface area contributed by atoms with Gasteiger partial charge in [0.25, 0.3) is 5.91 Å². The predicted octanol–water partition coefficient (Wildman–Crippen LogP) is 5.77. The van der Waals surface area contributed by atoms with Gasteiger partial charge in [0.2, 0.25) is 0 Å². The molecule has 0 radical (unpaired) electrons. The number of carbonyl (C=O) groups is 2. The van der Waals surface area contributed by atoms with Crippen molar-refractivity contribution in [3.05, 3.63) is 102 Å². The highest BCUT2D eigenvalue weighted by molar-refractivity contribution is 6.35. The second-order valence-electron chi connectivity index (χ2n) is 7.88. The Labute approximate surface area is 201 Å². The maximum atomic E-state index is 12.5. The average Bonchev–Trinajstić information content (AvgIpc) is 3.43. The van der Waals surface area contributed by atoms with Gasteiger partial charge in [0.05, 0.1) is 16.8 Å². The molecule has 0 saturated heterocycles. The van der Waals surface area contributed by atoms with Crippen LogP contribution in [-0.2, 0) is 4.79 Å². The van der Waals surface area contributed by atoms with Crippen molar-refractivity contribution in [3.63, 3.8) is 0 Å². The summed E-state index contributed by atoms with van der Waals surface area (Å²) in [4.78, 5) is 27.8. The molecule has 5 rings (SSSR count). The van der Waals surface area contributed by atoms with Gasteiger partial charge < -0.3 is 26.3 Å². The number of fused-ring (bicyclic) bond motifs is 1. The second-order valence-corrected chi connectivity index (χ2v) is 7.88. The van der Waals surface area contributed by atoms with E-state index in [1.807, 2.05) is 66.7 Å². The molecule has 1 aromatic heterocycles. The quantitative estimate of drug-likeness (QED) is 0.243. The predicted molar refractivity (Wildman–Crippen MR) is 137 cm³/mol. The lowest BCUT2D eigenvalue weighted by Crippen LogP contribution is -2.19. The number of nitriles is 1. The third-order valence-corrected chi connectivity index (χ3v) is 5.38. The van der Waals surface area contributed by atoms with E-state index in [1.54, 1.807) is 24.4 Å². The molecular formula is C27H20N6O2. The average molecular weight is 460 g/mol. The summed E-state index contributed by atoms with van der Waals surface area (Å²) < 4.78 is 0. The fraction of sp³-hybridized carbons (Fsp3) is 0. The Balaban J connectivity index is 1.29. The first-order valence-electron chi connectivity index (χ1n) is 10.8. The van der Waals surface area contributed by atoms with Gasteiger partial charge in [-0.25, -0.2) is 4.79 Å². The lowest BCUT2D eigenvalue weighted by molar-refractivity contribution is -0.110. The van der Waals surface area contributed by atoms with Crippen LogP contribution in [0.15, 0.2) is 85.1 Å². The first kappa shape index (κ1) is 21.6. The van der Waals surface area contributed by atoms with Gasteiger partial charge in [-0.2, -0.15) is 5.26 Å². The normalized spacial score (nSPS) is 13.0. The van der Waals surface area contributed by atoms with Crippen molar-refractivity contribution in [2.75, 3.05) is 21.3 Å². The summed E-state index contributed by atoms with van der Waals surface area (Å²) in [5, 5.41) is 20.8. The molecule has 0 unspecified atom stereocenters. The molecule has 0 saturated carbocycles. The van der Waals surface area contributed by atoms with Crippen LogP contribution in [0, 0.1) is 11.3 Å². The molecule has 0 atom stereocenters. The third kappa shape index (κ3) is 4.89. The van der Waals surface area contributed by atoms with E-state index in [1.165, 1.54) is 0 Å². The summed E-state index contributed by atoms with van der Waals surface area (Å²) in [5.41, 5.74) is 6.07. The van der Waals surface area contributed by atoms with Crippen molar-refractivity contribution in [1.82, 2.24) is 4.98 Å². The van der Waals surface area contributed by atoms with Gasteiger partial charge in [0.1, 0.15) is 6.07 Å². The number of nitrogens with one attached hydrogen (secondary N) is 5. The van der Waals surface area contributed by atoms with Gasteiger partial charge in [-0.05, 0) is 54.6 Å². The topological polar surface area (TPSA) is 122 Å². The summed E-state index contributed by atoms with van der Waals surface area (Å²) in [6, 6.07) is 25.6. The Bertz CT molecular complexity index is 1500. The van der Waals surface area contributed by atoms with E-state index in [0.29, 0.717) is 33.9 Å². The van der Waals surface area contributed by atoms with Crippen LogP contribution in [0.3, 0.4) is 0 Å². The van der Waals surface area contributed by atoms with Crippen LogP contribution < -0.4 is 21.3 Å². The van der Waals surface area contributed by atoms with E-state index in [-0.39, 0.29) is 11.9 Å². The number of nitrogens with zero attached hydrogens (tertiary/aromatic N) is 1. The van der Waals surface area contributed by atoms with Gasteiger partial charge >= 0.3 is 6.03 Å². The molecule has 0 fully saturated rings. The third-order valence-electron chi connectivity index (χ3n) is 5.38. The number of carbonyl (C=O) groups excluding carboxylic acids is 2. The zero-order valence-electron chi connectivity index (χ0n) is 18.4. The molecule has 5 N–H and O–H groups in total. The molecule has 3 aromatic carbocycles. The van der Waals surface area contributed by atoms with Crippen molar-refractivity contribution in [3.8, 4) is 6.07 Å². The highest BCUT2D eigenvalue weighted by Gasteiger charge is 2.24. The molecule has 170 valence electrons. The van der Waals surface area contributed by atoms with Crippen molar-refractivity contribution in [2.24, 2.45) is 0 Å². The number of para-hydroxylation sites is 1. The molecule has 0 bridgehead atoms. The van der Waals surface area contributed by atoms with E-state index < -0.39 is 0 Å². The van der Waals surface area contributed by atoms with Gasteiger partial charge in [0, 0.05) is 40.2 Å². The molecule has 0 aliphatic carbocycles. The highest BCUT2D eigenvalue weighted by Crippen LogP contribution is 2.35. The SMILES string of the molecule is N#Cc1c[nH]c(/C=C2\C(=O)Nc3cc(Nc4cccc(NC(=O)Nc5ccccc5)c4)ccc32)c1. The molecular weight excluding hydrogens is 440 g/mol. The maximum Gasteiger partial charge on any atom is 0.323 e. The van der Waals surface area contributed by atoms with Crippen LogP contribution in [0.4, 0.5) is 33.2 Å². The lowest BCUT2D eigenvalue weighted by atomic mass is 10.1. The Morgan fingerprint density at radius 3 is 2.40 bits per heavy atom. The Morgan fingerprint density at radius 2 is 1.60 bits per heavy atom. The molecule has 3 amide bonds. The van der Waals surface area contributed by atoms with Crippen molar-refractivity contribution >= 4 is 52.0 Å². The summed E-state index contributed by atoms with van der Waals surface area (Å²) in [6.07, 6.45) is 3.33. The van der Waals surface area contributed by atoms with Crippen molar-refractivity contribution in [1.29, 1.82) is 5.26 Å². The number of urea groups is 1. The standard InChI is InChI=1S/C27H20N6O2/c28-15-17-11-22(29-16-17)13-24-23-10-9-21(14-25(23)33-26(24)34)30-19-7-4-8-20(12-19)32-27(35)31-18-5-2-1-3-6-18/h1-14,16,29-30H,(H,33,34)(H2,31,32,35)/b24-13-. The first-order chi connectivity index (χ1) is 17.1. The summed E-state index contributed by atoms with van der Waals surface area (Å²) in [7, 11) is 0. The number of anilines is 5. The van der Waals surface area contributed by atoms with E-state index >= 15 is 0 Å². The van der Waals surface area contributed by atoms with Gasteiger partial charge in [-0.3, -0.25) is 4.79 Å². The summed E-state index contributed by atoms with van der Waals surface area (Å²) in [6.45, 7) is 0. The van der Waals surface area contributed by atoms with Crippen LogP contribution in [-0.4, -0.2) is 16.9 Å². The molecule has 8 nitrogen and oxygen atoms in total.